The van der Waals surface area contributed by atoms with Crippen molar-refractivity contribution >= 4 is 5.70 Å². The Balaban J connectivity index is 0.928. The van der Waals surface area contributed by atoms with Crippen LogP contribution in [0.5, 0.6) is 0 Å². The average molecular weight is 703 g/mol. The summed E-state index contributed by atoms with van der Waals surface area (Å²) < 4.78 is 0. The van der Waals surface area contributed by atoms with Crippen molar-refractivity contribution in [2.24, 2.45) is 17.3 Å². The number of hydrogen-bond donors (Lipinski definition) is 2. The fourth-order valence-electron chi connectivity index (χ4n) is 10.8. The molecule has 0 fully saturated rings. The normalized spacial score (nSPS) is 27.2. The third kappa shape index (κ3) is 5.41. The zero-order valence-corrected chi connectivity index (χ0v) is 31.9. The molecule has 2 N–H and O–H groups in total. The van der Waals surface area contributed by atoms with E-state index in [9.17, 15) is 0 Å². The molecular formula is C52H50N2. The third-order valence-corrected chi connectivity index (χ3v) is 13.9. The summed E-state index contributed by atoms with van der Waals surface area (Å²) in [6.45, 7) is 10.0. The minimum absolute atomic E-state index is 0.00393. The van der Waals surface area contributed by atoms with Crippen molar-refractivity contribution in [1.29, 1.82) is 0 Å². The number of fused-ring (bicyclic) bond motifs is 5. The first kappa shape index (κ1) is 33.4. The molecule has 6 atom stereocenters. The molecule has 1 aliphatic heterocycles. The van der Waals surface area contributed by atoms with E-state index in [2.05, 4.69) is 196 Å². The molecule has 6 unspecified atom stereocenters. The molecule has 5 aromatic carbocycles. The molecule has 5 aliphatic rings. The fraction of sp³-hybridized carbons (Fsp3) is 0.269. The van der Waals surface area contributed by atoms with Crippen molar-refractivity contribution in [1.82, 2.24) is 10.6 Å². The van der Waals surface area contributed by atoms with Gasteiger partial charge in [0.05, 0.1) is 6.04 Å². The Morgan fingerprint density at radius 2 is 1.24 bits per heavy atom. The minimum Gasteiger partial charge on any atom is -0.366 e. The lowest BCUT2D eigenvalue weighted by Crippen LogP contribution is -2.39. The van der Waals surface area contributed by atoms with Crippen molar-refractivity contribution in [3.05, 3.63) is 208 Å². The van der Waals surface area contributed by atoms with E-state index in [-0.39, 0.29) is 23.0 Å². The van der Waals surface area contributed by atoms with E-state index < -0.39 is 0 Å². The quantitative estimate of drug-likeness (QED) is 0.191. The lowest BCUT2D eigenvalue weighted by Gasteiger charge is -2.41. The monoisotopic (exact) mass is 702 g/mol. The van der Waals surface area contributed by atoms with Crippen LogP contribution in [0.2, 0.25) is 0 Å². The molecule has 0 bridgehead atoms. The summed E-state index contributed by atoms with van der Waals surface area (Å²) in [4.78, 5) is 0. The van der Waals surface area contributed by atoms with Gasteiger partial charge in [0.2, 0.25) is 0 Å². The number of rotatable bonds is 5. The Labute approximate surface area is 321 Å². The second-order valence-electron chi connectivity index (χ2n) is 17.5. The highest BCUT2D eigenvalue weighted by Crippen LogP contribution is 2.64. The van der Waals surface area contributed by atoms with Crippen molar-refractivity contribution in [2.45, 2.75) is 70.0 Å². The molecule has 10 rings (SSSR count). The molecule has 1 heterocycles. The van der Waals surface area contributed by atoms with Crippen molar-refractivity contribution < 1.29 is 0 Å². The largest absolute Gasteiger partial charge is 0.366 e. The summed E-state index contributed by atoms with van der Waals surface area (Å²) in [5.74, 6) is 2.14. The molecule has 268 valence electrons. The fourth-order valence-corrected chi connectivity index (χ4v) is 10.8. The predicted octanol–water partition coefficient (Wildman–Crippen LogP) is 12.3. The van der Waals surface area contributed by atoms with E-state index in [1.54, 1.807) is 27.8 Å². The number of nitrogens with one attached hydrogen (secondary N) is 2. The minimum atomic E-state index is -0.00393. The van der Waals surface area contributed by atoms with Gasteiger partial charge in [-0.25, -0.2) is 0 Å². The van der Waals surface area contributed by atoms with Crippen molar-refractivity contribution in [3.8, 4) is 11.1 Å². The van der Waals surface area contributed by atoms with Gasteiger partial charge in [-0.1, -0.05) is 179 Å². The lowest BCUT2D eigenvalue weighted by atomic mass is 9.62. The van der Waals surface area contributed by atoms with Crippen LogP contribution in [0.4, 0.5) is 0 Å². The number of allylic oxidation sites excluding steroid dienone is 6. The molecule has 5 aromatic rings. The molecule has 0 radical (unpaired) electrons. The maximum absolute atomic E-state index is 3.91. The van der Waals surface area contributed by atoms with E-state index in [0.717, 1.165) is 12.1 Å². The van der Waals surface area contributed by atoms with Crippen molar-refractivity contribution in [2.75, 3.05) is 0 Å². The first-order chi connectivity index (χ1) is 26.3. The summed E-state index contributed by atoms with van der Waals surface area (Å²) in [7, 11) is 0. The van der Waals surface area contributed by atoms with Crippen LogP contribution in [0.25, 0.3) is 16.8 Å². The summed E-state index contributed by atoms with van der Waals surface area (Å²) in [6.07, 6.45) is 12.4. The van der Waals surface area contributed by atoms with Crippen LogP contribution in [0, 0.1) is 17.3 Å². The highest BCUT2D eigenvalue weighted by Gasteiger charge is 2.54. The molecule has 0 spiro atoms. The molecule has 0 saturated carbocycles. The van der Waals surface area contributed by atoms with Crippen LogP contribution in [-0.4, -0.2) is 0 Å². The Bertz CT molecular complexity index is 2340. The zero-order valence-electron chi connectivity index (χ0n) is 31.9. The number of benzene rings is 5. The van der Waals surface area contributed by atoms with Crippen LogP contribution >= 0.6 is 0 Å². The molecular weight excluding hydrogens is 653 g/mol. The van der Waals surface area contributed by atoms with E-state index in [1.807, 2.05) is 0 Å². The van der Waals surface area contributed by atoms with Gasteiger partial charge >= 0.3 is 0 Å². The van der Waals surface area contributed by atoms with E-state index >= 15 is 0 Å². The van der Waals surface area contributed by atoms with Gasteiger partial charge < -0.3 is 5.32 Å². The van der Waals surface area contributed by atoms with Crippen LogP contribution in [0.1, 0.15) is 98.0 Å². The van der Waals surface area contributed by atoms with Crippen LogP contribution in [0.15, 0.2) is 174 Å². The molecule has 2 nitrogen and oxygen atoms in total. The Kier molecular flexibility index (Phi) is 7.86. The average Bonchev–Trinajstić information content (AvgIpc) is 3.59. The van der Waals surface area contributed by atoms with Crippen molar-refractivity contribution in [3.63, 3.8) is 0 Å². The summed E-state index contributed by atoms with van der Waals surface area (Å²) in [6, 6.07) is 49.1. The maximum atomic E-state index is 3.91. The van der Waals surface area contributed by atoms with Gasteiger partial charge in [-0.2, -0.15) is 0 Å². The molecule has 0 aromatic heterocycles. The SMILES string of the molecule is CC1(C)C2=C(CC(c3ccc(C4C=C(c5ccc(-c6ccccc6)cc5)NC(c5ccccc5)N4)cc3)C=C2)C2=CC3c4ccccc4C(C)(C)C3CC21. The predicted molar refractivity (Wildman–Crippen MR) is 224 cm³/mol. The van der Waals surface area contributed by atoms with E-state index in [4.69, 9.17) is 0 Å². The highest BCUT2D eigenvalue weighted by molar-refractivity contribution is 5.71. The Morgan fingerprint density at radius 3 is 2.00 bits per heavy atom. The topological polar surface area (TPSA) is 24.1 Å². The third-order valence-electron chi connectivity index (χ3n) is 13.9. The molecule has 4 aliphatic carbocycles. The van der Waals surface area contributed by atoms with Crippen LogP contribution in [-0.2, 0) is 5.41 Å². The number of hydrogen-bond acceptors (Lipinski definition) is 2. The maximum Gasteiger partial charge on any atom is 0.104 e. The molecule has 0 amide bonds. The second kappa shape index (κ2) is 12.7. The Morgan fingerprint density at radius 1 is 0.593 bits per heavy atom. The summed E-state index contributed by atoms with van der Waals surface area (Å²) in [5, 5.41) is 7.72. The van der Waals surface area contributed by atoms with Crippen LogP contribution in [0.3, 0.4) is 0 Å². The van der Waals surface area contributed by atoms with Crippen LogP contribution < -0.4 is 10.6 Å². The molecule has 54 heavy (non-hydrogen) atoms. The van der Waals surface area contributed by atoms with Gasteiger partial charge in [0, 0.05) is 17.5 Å². The lowest BCUT2D eigenvalue weighted by molar-refractivity contribution is 0.201. The van der Waals surface area contributed by atoms with Gasteiger partial charge in [-0.3, -0.25) is 5.32 Å². The summed E-state index contributed by atoms with van der Waals surface area (Å²) >= 11 is 0. The molecule has 2 heteroatoms. The van der Waals surface area contributed by atoms with Gasteiger partial charge in [0.25, 0.3) is 0 Å². The highest BCUT2D eigenvalue weighted by atomic mass is 15.2. The van der Waals surface area contributed by atoms with Gasteiger partial charge in [-0.05, 0) is 103 Å². The van der Waals surface area contributed by atoms with Gasteiger partial charge in [0.15, 0.2) is 0 Å². The Hall–Kier alpha value is -5.18. The first-order valence-corrected chi connectivity index (χ1v) is 20.0. The van der Waals surface area contributed by atoms with Gasteiger partial charge in [-0.15, -0.1) is 0 Å². The van der Waals surface area contributed by atoms with E-state index in [1.165, 1.54) is 39.8 Å². The molecule has 0 saturated heterocycles. The summed E-state index contributed by atoms with van der Waals surface area (Å²) in [5.41, 5.74) is 17.1. The second-order valence-corrected chi connectivity index (χ2v) is 17.5. The van der Waals surface area contributed by atoms with Gasteiger partial charge in [0.1, 0.15) is 6.17 Å². The zero-order chi connectivity index (χ0) is 36.6. The van der Waals surface area contributed by atoms with E-state index in [0.29, 0.717) is 23.7 Å². The first-order valence-electron chi connectivity index (χ1n) is 20.0. The standard InChI is InChI=1S/C52H50N2/c1-51(2)44-18-12-11-17-40(44)42-30-43-41-29-39(27-28-45(41)52(3,4)47(43)31-46(42)51)35-21-25-37(26-22-35)49-32-48(53-50(54-49)38-15-9-6-10-16-38)36-23-19-34(20-24-36)33-13-7-5-8-14-33/h5-28,30,32,39,42,46-47,49-50,53-54H,29,31H2,1-4H3. The smallest absolute Gasteiger partial charge is 0.104 e.